The van der Waals surface area contributed by atoms with Crippen molar-refractivity contribution in [3.05, 3.63) is 35.5 Å². The minimum Gasteiger partial charge on any atom is -0.474 e. The van der Waals surface area contributed by atoms with E-state index in [4.69, 9.17) is 4.74 Å². The first-order valence-corrected chi connectivity index (χ1v) is 8.27. The molecule has 1 unspecified atom stereocenters. The van der Waals surface area contributed by atoms with Crippen molar-refractivity contribution in [2.45, 2.75) is 51.8 Å². The Kier molecular flexibility index (Phi) is 3.36. The average Bonchev–Trinajstić information content (AvgIpc) is 3.26. The van der Waals surface area contributed by atoms with E-state index < -0.39 is 0 Å². The van der Waals surface area contributed by atoms with Gasteiger partial charge in [0.1, 0.15) is 0 Å². The molecular formula is C18H21N3O2. The molecule has 1 atom stereocenters. The molecule has 2 aromatic rings. The van der Waals surface area contributed by atoms with Crippen molar-refractivity contribution in [1.29, 1.82) is 0 Å². The number of hydrogen-bond acceptors (Lipinski definition) is 3. The van der Waals surface area contributed by atoms with Crippen LogP contribution >= 0.6 is 0 Å². The van der Waals surface area contributed by atoms with E-state index in [0.717, 1.165) is 36.9 Å². The minimum atomic E-state index is -0.0961. The third kappa shape index (κ3) is 2.71. The molecule has 1 fully saturated rings. The second kappa shape index (κ2) is 5.41. The highest BCUT2D eigenvalue weighted by Crippen LogP contribution is 2.37. The van der Waals surface area contributed by atoms with Gasteiger partial charge in [0.15, 0.2) is 5.69 Å². The van der Waals surface area contributed by atoms with Crippen molar-refractivity contribution in [1.82, 2.24) is 15.1 Å². The van der Waals surface area contributed by atoms with E-state index in [0.29, 0.717) is 17.6 Å². The Morgan fingerprint density at radius 1 is 1.26 bits per heavy atom. The van der Waals surface area contributed by atoms with Crippen molar-refractivity contribution in [3.8, 4) is 17.0 Å². The Morgan fingerprint density at radius 3 is 2.70 bits per heavy atom. The molecule has 1 aromatic carbocycles. The lowest BCUT2D eigenvalue weighted by molar-refractivity contribution is 0.0945. The number of hydrogen-bond donors (Lipinski definition) is 1. The summed E-state index contributed by atoms with van der Waals surface area (Å²) in [7, 11) is 0. The predicted molar refractivity (Wildman–Crippen MR) is 87.6 cm³/mol. The number of nitrogens with zero attached hydrogens (tertiary/aromatic N) is 2. The van der Waals surface area contributed by atoms with Gasteiger partial charge in [-0.25, -0.2) is 4.68 Å². The molecule has 5 heteroatoms. The first-order valence-electron chi connectivity index (χ1n) is 8.27. The van der Waals surface area contributed by atoms with Gasteiger partial charge in [0.05, 0.1) is 11.7 Å². The van der Waals surface area contributed by atoms with E-state index >= 15 is 0 Å². The van der Waals surface area contributed by atoms with E-state index in [-0.39, 0.29) is 12.0 Å². The van der Waals surface area contributed by atoms with Crippen molar-refractivity contribution < 1.29 is 9.53 Å². The fourth-order valence-corrected chi connectivity index (χ4v) is 2.89. The van der Waals surface area contributed by atoms with Crippen LogP contribution in [0.5, 0.6) is 5.88 Å². The van der Waals surface area contributed by atoms with Gasteiger partial charge in [-0.3, -0.25) is 4.79 Å². The Hall–Kier alpha value is -2.30. The van der Waals surface area contributed by atoms with Crippen LogP contribution in [0.1, 0.15) is 42.2 Å². The second-order valence-electron chi connectivity index (χ2n) is 6.58. The molecule has 1 amide bonds. The SMILES string of the molecule is Cc1ccc(-c2c(C(=O)NC3CC3)nn3c2OC(C)CC3)cc1. The molecule has 23 heavy (non-hydrogen) atoms. The smallest absolute Gasteiger partial charge is 0.272 e. The first-order chi connectivity index (χ1) is 11.1. The number of nitrogens with one attached hydrogen (secondary N) is 1. The fraction of sp³-hybridized carbons (Fsp3) is 0.444. The van der Waals surface area contributed by atoms with Gasteiger partial charge in [0.25, 0.3) is 5.91 Å². The van der Waals surface area contributed by atoms with Crippen molar-refractivity contribution in [2.24, 2.45) is 0 Å². The Labute approximate surface area is 135 Å². The van der Waals surface area contributed by atoms with Gasteiger partial charge in [-0.05, 0) is 32.3 Å². The van der Waals surface area contributed by atoms with Crippen LogP contribution in [0.15, 0.2) is 24.3 Å². The zero-order valence-corrected chi connectivity index (χ0v) is 13.5. The largest absolute Gasteiger partial charge is 0.474 e. The summed E-state index contributed by atoms with van der Waals surface area (Å²) in [5, 5.41) is 7.59. The molecule has 0 radical (unpaired) electrons. The Morgan fingerprint density at radius 2 is 2.00 bits per heavy atom. The maximum atomic E-state index is 12.6. The number of aromatic nitrogens is 2. The maximum absolute atomic E-state index is 12.6. The molecule has 2 heterocycles. The van der Waals surface area contributed by atoms with Crippen LogP contribution in [0, 0.1) is 6.92 Å². The van der Waals surface area contributed by atoms with Crippen LogP contribution in [0.25, 0.3) is 11.1 Å². The molecule has 5 nitrogen and oxygen atoms in total. The van der Waals surface area contributed by atoms with Crippen molar-refractivity contribution in [2.75, 3.05) is 0 Å². The lowest BCUT2D eigenvalue weighted by atomic mass is 10.0. The molecule has 2 aliphatic rings. The van der Waals surface area contributed by atoms with E-state index in [1.54, 1.807) is 0 Å². The van der Waals surface area contributed by atoms with Crippen LogP contribution in [0.4, 0.5) is 0 Å². The van der Waals surface area contributed by atoms with Crippen molar-refractivity contribution >= 4 is 5.91 Å². The van der Waals surface area contributed by atoms with Gasteiger partial charge >= 0.3 is 0 Å². The minimum absolute atomic E-state index is 0.0961. The molecule has 1 aromatic heterocycles. The topological polar surface area (TPSA) is 56.2 Å². The van der Waals surface area contributed by atoms with Gasteiger partial charge in [-0.1, -0.05) is 29.8 Å². The van der Waals surface area contributed by atoms with Crippen LogP contribution in [0.2, 0.25) is 0 Å². The Bertz CT molecular complexity index is 744. The molecule has 1 aliphatic heterocycles. The van der Waals surface area contributed by atoms with E-state index in [1.165, 1.54) is 5.56 Å². The molecule has 1 aliphatic carbocycles. The van der Waals surface area contributed by atoms with Gasteiger partial charge in [0.2, 0.25) is 5.88 Å². The van der Waals surface area contributed by atoms with Crippen LogP contribution in [0.3, 0.4) is 0 Å². The summed E-state index contributed by atoms with van der Waals surface area (Å²) >= 11 is 0. The summed E-state index contributed by atoms with van der Waals surface area (Å²) in [5.74, 6) is 0.620. The summed E-state index contributed by atoms with van der Waals surface area (Å²) in [5.41, 5.74) is 3.46. The molecule has 0 bridgehead atoms. The van der Waals surface area contributed by atoms with E-state index in [2.05, 4.69) is 24.3 Å². The number of fused-ring (bicyclic) bond motifs is 1. The van der Waals surface area contributed by atoms with Gasteiger partial charge < -0.3 is 10.1 Å². The third-order valence-corrected chi connectivity index (χ3v) is 4.43. The molecular weight excluding hydrogens is 290 g/mol. The first kappa shape index (κ1) is 14.3. The highest BCUT2D eigenvalue weighted by molar-refractivity contribution is 6.00. The maximum Gasteiger partial charge on any atom is 0.272 e. The summed E-state index contributed by atoms with van der Waals surface area (Å²) in [6.45, 7) is 4.89. The number of ether oxygens (including phenoxy) is 1. The standard InChI is InChI=1S/C18H21N3O2/c1-11-3-5-13(6-4-11)15-16(17(22)19-14-7-8-14)20-21-10-9-12(2)23-18(15)21/h3-6,12,14H,7-10H2,1-2H3,(H,19,22). The lowest BCUT2D eigenvalue weighted by Gasteiger charge is -2.22. The lowest BCUT2D eigenvalue weighted by Crippen LogP contribution is -2.26. The zero-order chi connectivity index (χ0) is 16.0. The summed E-state index contributed by atoms with van der Waals surface area (Å²) in [6, 6.07) is 8.47. The number of carbonyl (C=O) groups is 1. The highest BCUT2D eigenvalue weighted by Gasteiger charge is 2.31. The van der Waals surface area contributed by atoms with Gasteiger partial charge in [-0.2, -0.15) is 5.10 Å². The van der Waals surface area contributed by atoms with E-state index in [1.807, 2.05) is 28.9 Å². The van der Waals surface area contributed by atoms with Crippen molar-refractivity contribution in [3.63, 3.8) is 0 Å². The van der Waals surface area contributed by atoms with Gasteiger partial charge in [0, 0.05) is 19.0 Å². The molecule has 0 spiro atoms. The quantitative estimate of drug-likeness (QED) is 0.948. The third-order valence-electron chi connectivity index (χ3n) is 4.43. The van der Waals surface area contributed by atoms with Gasteiger partial charge in [-0.15, -0.1) is 0 Å². The zero-order valence-electron chi connectivity index (χ0n) is 13.5. The number of carbonyl (C=O) groups excluding carboxylic acids is 1. The normalized spacial score (nSPS) is 19.8. The highest BCUT2D eigenvalue weighted by atomic mass is 16.5. The Balaban J connectivity index is 1.80. The van der Waals surface area contributed by atoms with Crippen LogP contribution < -0.4 is 10.1 Å². The molecule has 0 saturated heterocycles. The number of benzene rings is 1. The average molecular weight is 311 g/mol. The monoisotopic (exact) mass is 311 g/mol. The fourth-order valence-electron chi connectivity index (χ4n) is 2.89. The number of aryl methyl sites for hydroxylation is 2. The predicted octanol–water partition coefficient (Wildman–Crippen LogP) is 2.92. The summed E-state index contributed by atoms with van der Waals surface area (Å²) < 4.78 is 7.85. The number of rotatable bonds is 3. The molecule has 1 saturated carbocycles. The summed E-state index contributed by atoms with van der Waals surface area (Å²) in [6.07, 6.45) is 3.17. The molecule has 120 valence electrons. The van der Waals surface area contributed by atoms with E-state index in [9.17, 15) is 4.79 Å². The number of amides is 1. The molecule has 4 rings (SSSR count). The molecule has 1 N–H and O–H groups in total. The van der Waals surface area contributed by atoms with Crippen LogP contribution in [-0.4, -0.2) is 27.8 Å². The van der Waals surface area contributed by atoms with Crippen LogP contribution in [-0.2, 0) is 6.54 Å². The second-order valence-corrected chi connectivity index (χ2v) is 6.58. The summed E-state index contributed by atoms with van der Waals surface area (Å²) in [4.78, 5) is 12.6.